The molecule has 0 aliphatic rings. The van der Waals surface area contributed by atoms with E-state index in [-0.39, 0.29) is 33.7 Å². The van der Waals surface area contributed by atoms with Crippen molar-refractivity contribution < 1.29 is 27.9 Å². The Hall–Kier alpha value is -4.10. The Balaban J connectivity index is 1.92. The summed E-state index contributed by atoms with van der Waals surface area (Å²) < 4.78 is 39.1. The molecule has 3 rings (SSSR count). The van der Waals surface area contributed by atoms with Gasteiger partial charge < -0.3 is 15.3 Å². The van der Waals surface area contributed by atoms with Crippen LogP contribution in [0.4, 0.5) is 24.5 Å². The molecule has 1 aromatic heterocycles. The average molecular weight is 517 g/mol. The normalized spacial score (nSPS) is 11.0. The van der Waals surface area contributed by atoms with Gasteiger partial charge in [0, 0.05) is 47.9 Å². The van der Waals surface area contributed by atoms with Crippen LogP contribution >= 0.6 is 11.6 Å². The van der Waals surface area contributed by atoms with Crippen molar-refractivity contribution in [1.29, 1.82) is 5.26 Å². The number of carboxylic acids is 1. The lowest BCUT2D eigenvalue weighted by atomic mass is 9.99. The fraction of sp³-hybridized carbons (Fsp3) is 0.200. The molecule has 186 valence electrons. The number of anilines is 2. The van der Waals surface area contributed by atoms with Gasteiger partial charge in [-0.25, -0.2) is 0 Å². The van der Waals surface area contributed by atoms with Crippen LogP contribution in [-0.4, -0.2) is 35.6 Å². The number of pyridine rings is 1. The predicted molar refractivity (Wildman–Crippen MR) is 129 cm³/mol. The molecule has 0 unspecified atom stereocenters. The van der Waals surface area contributed by atoms with Crippen molar-refractivity contribution in [2.24, 2.45) is 0 Å². The van der Waals surface area contributed by atoms with Crippen molar-refractivity contribution in [2.45, 2.75) is 19.0 Å². The van der Waals surface area contributed by atoms with Gasteiger partial charge in [0.2, 0.25) is 0 Å². The van der Waals surface area contributed by atoms with Crippen molar-refractivity contribution in [3.63, 3.8) is 0 Å². The van der Waals surface area contributed by atoms with E-state index in [0.29, 0.717) is 30.4 Å². The summed E-state index contributed by atoms with van der Waals surface area (Å²) in [4.78, 5) is 28.8. The fourth-order valence-corrected chi connectivity index (χ4v) is 3.68. The molecule has 0 saturated heterocycles. The molecule has 0 atom stereocenters. The Morgan fingerprint density at radius 3 is 2.56 bits per heavy atom. The maximum Gasteiger partial charge on any atom is 0.433 e. The first-order chi connectivity index (χ1) is 17.0. The molecule has 0 saturated carbocycles. The van der Waals surface area contributed by atoms with Crippen molar-refractivity contribution in [2.75, 3.05) is 23.8 Å². The van der Waals surface area contributed by atoms with Gasteiger partial charge in [0.25, 0.3) is 5.91 Å². The SMILES string of the molecule is CN(C(=O)c1ccc(Cl)c(-c2cnc(C(F)(F)F)cc2C#N)c1)c1ccccc1NCCCC(=O)O. The second kappa shape index (κ2) is 11.1. The highest BCUT2D eigenvalue weighted by atomic mass is 35.5. The lowest BCUT2D eigenvalue weighted by Crippen LogP contribution is -2.27. The third-order valence-corrected chi connectivity index (χ3v) is 5.60. The van der Waals surface area contributed by atoms with Crippen LogP contribution in [-0.2, 0) is 11.0 Å². The molecule has 36 heavy (non-hydrogen) atoms. The van der Waals surface area contributed by atoms with Crippen molar-refractivity contribution in [3.8, 4) is 17.2 Å². The standard InChI is InChI=1S/C25H20ClF3N4O3/c1-33(21-6-3-2-5-20(21)31-10-4-7-23(34)35)24(36)15-8-9-19(26)17(11-15)18-14-32-22(25(27,28)29)12-16(18)13-30/h2-3,5-6,8-9,11-12,14,31H,4,7,10H2,1H3,(H,34,35). The van der Waals surface area contributed by atoms with E-state index in [2.05, 4.69) is 10.3 Å². The number of hydrogen-bond acceptors (Lipinski definition) is 5. The molecule has 1 amide bonds. The number of carbonyl (C=O) groups excluding carboxylic acids is 1. The number of nitrogens with zero attached hydrogens (tertiary/aromatic N) is 3. The number of rotatable bonds is 8. The zero-order valence-corrected chi connectivity index (χ0v) is 19.7. The highest BCUT2D eigenvalue weighted by Crippen LogP contribution is 2.35. The second-order valence-corrected chi connectivity index (χ2v) is 8.13. The maximum atomic E-state index is 13.3. The van der Waals surface area contributed by atoms with Gasteiger partial charge in [0.1, 0.15) is 5.69 Å². The summed E-state index contributed by atoms with van der Waals surface area (Å²) in [5.74, 6) is -1.34. The van der Waals surface area contributed by atoms with Crippen LogP contribution in [0.15, 0.2) is 54.7 Å². The van der Waals surface area contributed by atoms with Crippen LogP contribution < -0.4 is 10.2 Å². The number of aromatic nitrogens is 1. The Labute approximate surface area is 209 Å². The molecule has 1 heterocycles. The minimum absolute atomic E-state index is 0.000973. The minimum Gasteiger partial charge on any atom is -0.481 e. The molecule has 0 aliphatic carbocycles. The molecule has 3 aromatic rings. The van der Waals surface area contributed by atoms with Crippen LogP contribution in [0, 0.1) is 11.3 Å². The van der Waals surface area contributed by atoms with Gasteiger partial charge in [-0.05, 0) is 42.8 Å². The van der Waals surface area contributed by atoms with E-state index in [4.69, 9.17) is 16.7 Å². The Kier molecular flexibility index (Phi) is 8.17. The summed E-state index contributed by atoms with van der Waals surface area (Å²) in [7, 11) is 1.55. The minimum atomic E-state index is -4.72. The molecule has 0 fully saturated rings. The Morgan fingerprint density at radius 1 is 1.17 bits per heavy atom. The first kappa shape index (κ1) is 26.5. The lowest BCUT2D eigenvalue weighted by Gasteiger charge is -2.22. The molecule has 11 heteroatoms. The molecule has 0 spiro atoms. The number of alkyl halides is 3. The number of aliphatic carboxylic acids is 1. The van der Waals surface area contributed by atoms with Gasteiger partial charge in [0.05, 0.1) is 23.0 Å². The van der Waals surface area contributed by atoms with Gasteiger partial charge in [0.15, 0.2) is 0 Å². The van der Waals surface area contributed by atoms with Crippen LogP contribution in [0.5, 0.6) is 0 Å². The number of nitriles is 1. The van der Waals surface area contributed by atoms with Crippen LogP contribution in [0.3, 0.4) is 0 Å². The largest absolute Gasteiger partial charge is 0.481 e. The van der Waals surface area contributed by atoms with E-state index in [1.807, 2.05) is 0 Å². The molecule has 2 aromatic carbocycles. The van der Waals surface area contributed by atoms with Crippen molar-refractivity contribution in [3.05, 3.63) is 76.6 Å². The summed E-state index contributed by atoms with van der Waals surface area (Å²) in [5.41, 5.74) is 0.0877. The van der Waals surface area contributed by atoms with Crippen molar-refractivity contribution >= 4 is 34.9 Å². The van der Waals surface area contributed by atoms with E-state index in [1.54, 1.807) is 37.4 Å². The quantitative estimate of drug-likeness (QED) is 0.364. The molecule has 2 N–H and O–H groups in total. The summed E-state index contributed by atoms with van der Waals surface area (Å²) in [6.45, 7) is 0.383. The summed E-state index contributed by atoms with van der Waals surface area (Å²) >= 11 is 6.27. The molecule has 7 nitrogen and oxygen atoms in total. The van der Waals surface area contributed by atoms with E-state index in [1.165, 1.54) is 23.1 Å². The monoisotopic (exact) mass is 516 g/mol. The smallest absolute Gasteiger partial charge is 0.433 e. The summed E-state index contributed by atoms with van der Waals surface area (Å²) in [6, 6.07) is 13.6. The van der Waals surface area contributed by atoms with Crippen LogP contribution in [0.25, 0.3) is 11.1 Å². The van der Waals surface area contributed by atoms with Crippen LogP contribution in [0.2, 0.25) is 5.02 Å². The highest BCUT2D eigenvalue weighted by Gasteiger charge is 2.33. The predicted octanol–water partition coefficient (Wildman–Crippen LogP) is 5.85. The molecule has 0 aliphatic heterocycles. The number of amides is 1. The number of para-hydroxylation sites is 2. The molecular formula is C25H20ClF3N4O3. The number of carboxylic acid groups (broad SMARTS) is 1. The van der Waals surface area contributed by atoms with Gasteiger partial charge in [-0.1, -0.05) is 23.7 Å². The first-order valence-electron chi connectivity index (χ1n) is 10.6. The van der Waals surface area contributed by atoms with Gasteiger partial charge in [-0.2, -0.15) is 18.4 Å². The summed E-state index contributed by atoms with van der Waals surface area (Å²) in [5, 5.41) is 21.5. The first-order valence-corrected chi connectivity index (χ1v) is 11.0. The topological polar surface area (TPSA) is 106 Å². The number of halogens is 4. The Bertz CT molecular complexity index is 1340. The fourth-order valence-electron chi connectivity index (χ4n) is 3.46. The van der Waals surface area contributed by atoms with Crippen LogP contribution in [0.1, 0.15) is 34.5 Å². The lowest BCUT2D eigenvalue weighted by molar-refractivity contribution is -0.141. The highest BCUT2D eigenvalue weighted by molar-refractivity contribution is 6.33. The van der Waals surface area contributed by atoms with E-state index >= 15 is 0 Å². The molecular weight excluding hydrogens is 497 g/mol. The third-order valence-electron chi connectivity index (χ3n) is 5.27. The third kappa shape index (κ3) is 6.12. The van der Waals surface area contributed by atoms with E-state index in [9.17, 15) is 28.0 Å². The van der Waals surface area contributed by atoms with E-state index < -0.39 is 23.7 Å². The average Bonchev–Trinajstić information content (AvgIpc) is 2.85. The number of carbonyl (C=O) groups is 2. The van der Waals surface area contributed by atoms with Crippen molar-refractivity contribution in [1.82, 2.24) is 4.98 Å². The van der Waals surface area contributed by atoms with E-state index in [0.717, 1.165) is 6.20 Å². The molecule has 0 radical (unpaired) electrons. The summed E-state index contributed by atoms with van der Waals surface area (Å²) in [6.07, 6.45) is -3.41. The van der Waals surface area contributed by atoms with Gasteiger partial charge in [-0.15, -0.1) is 0 Å². The molecule has 0 bridgehead atoms. The number of nitrogens with one attached hydrogen (secondary N) is 1. The second-order valence-electron chi connectivity index (χ2n) is 7.72. The zero-order valence-electron chi connectivity index (χ0n) is 18.9. The number of benzene rings is 2. The number of hydrogen-bond donors (Lipinski definition) is 2. The van der Waals surface area contributed by atoms with Gasteiger partial charge in [-0.3, -0.25) is 14.6 Å². The maximum absolute atomic E-state index is 13.3. The Morgan fingerprint density at radius 2 is 1.89 bits per heavy atom. The van der Waals surface area contributed by atoms with Gasteiger partial charge >= 0.3 is 12.1 Å². The zero-order chi connectivity index (χ0) is 26.5.